The Kier molecular flexibility index (Phi) is 4.03. The van der Waals surface area contributed by atoms with E-state index < -0.39 is 5.60 Å². The zero-order valence-electron chi connectivity index (χ0n) is 9.61. The van der Waals surface area contributed by atoms with Crippen molar-refractivity contribution >= 4 is 5.91 Å². The summed E-state index contributed by atoms with van der Waals surface area (Å²) in [6.07, 6.45) is 0. The fourth-order valence-electron chi connectivity index (χ4n) is 0.950. The van der Waals surface area contributed by atoms with Crippen LogP contribution in [0.5, 0.6) is 0 Å². The molecule has 16 heavy (non-hydrogen) atoms. The lowest BCUT2D eigenvalue weighted by atomic mass is 10.1. The van der Waals surface area contributed by atoms with Crippen LogP contribution in [0.1, 0.15) is 30.1 Å². The molecule has 0 aliphatic rings. The second-order valence-corrected chi connectivity index (χ2v) is 3.98. The van der Waals surface area contributed by atoms with Gasteiger partial charge in [-0.15, -0.1) is 0 Å². The molecular weight excluding hydrogens is 212 g/mol. The Bertz CT molecular complexity index is 359. The largest absolute Gasteiger partial charge is 0.388 e. The number of aliphatic hydroxyl groups is 1. The van der Waals surface area contributed by atoms with Gasteiger partial charge in [-0.25, -0.2) is 0 Å². The van der Waals surface area contributed by atoms with E-state index in [-0.39, 0.29) is 24.0 Å². The minimum absolute atomic E-state index is 0.149. The average molecular weight is 228 g/mol. The first-order valence-corrected chi connectivity index (χ1v) is 4.88. The average Bonchev–Trinajstić information content (AvgIpc) is 2.74. The Hall–Kier alpha value is -1.40. The van der Waals surface area contributed by atoms with Gasteiger partial charge in [-0.3, -0.25) is 4.79 Å². The van der Waals surface area contributed by atoms with Gasteiger partial charge in [-0.2, -0.15) is 0 Å². The molecule has 0 aliphatic heterocycles. The van der Waals surface area contributed by atoms with Crippen molar-refractivity contribution in [3.8, 4) is 0 Å². The Labute approximate surface area is 93.6 Å². The van der Waals surface area contributed by atoms with Crippen molar-refractivity contribution in [2.45, 2.75) is 26.1 Å². The molecule has 0 saturated heterocycles. The van der Waals surface area contributed by atoms with Gasteiger partial charge < -0.3 is 19.7 Å². The van der Waals surface area contributed by atoms with E-state index in [4.69, 9.17) is 14.4 Å². The first kappa shape index (κ1) is 12.7. The van der Waals surface area contributed by atoms with Gasteiger partial charge >= 0.3 is 0 Å². The van der Waals surface area contributed by atoms with E-state index in [9.17, 15) is 4.79 Å². The summed E-state index contributed by atoms with van der Waals surface area (Å²) in [6.45, 7) is 3.80. The van der Waals surface area contributed by atoms with Crippen LogP contribution in [0, 0.1) is 0 Å². The molecule has 1 heterocycles. The van der Waals surface area contributed by atoms with E-state index in [0.717, 1.165) is 0 Å². The van der Waals surface area contributed by atoms with Crippen molar-refractivity contribution in [1.29, 1.82) is 0 Å². The predicted octanol–water partition coefficient (Wildman–Crippen LogP) is 0.322. The number of methoxy groups -OCH3 is 1. The molecule has 0 aliphatic carbocycles. The number of rotatable bonds is 5. The molecule has 90 valence electrons. The molecule has 1 aromatic rings. The maximum absolute atomic E-state index is 11.6. The van der Waals surface area contributed by atoms with E-state index in [1.54, 1.807) is 7.11 Å². The summed E-state index contributed by atoms with van der Waals surface area (Å²) in [7, 11) is 1.58. The number of nitrogens with one attached hydrogen (secondary N) is 1. The van der Waals surface area contributed by atoms with Crippen LogP contribution in [0.15, 0.2) is 10.6 Å². The second kappa shape index (κ2) is 5.09. The third kappa shape index (κ3) is 3.32. The van der Waals surface area contributed by atoms with E-state index in [2.05, 4.69) is 10.5 Å². The Morgan fingerprint density at radius 2 is 2.38 bits per heavy atom. The number of hydrogen-bond acceptors (Lipinski definition) is 5. The summed E-state index contributed by atoms with van der Waals surface area (Å²) in [4.78, 5) is 11.6. The molecule has 0 unspecified atom stereocenters. The van der Waals surface area contributed by atoms with Crippen LogP contribution >= 0.6 is 0 Å². The van der Waals surface area contributed by atoms with Crippen LogP contribution in [0.25, 0.3) is 0 Å². The lowest BCUT2D eigenvalue weighted by Gasteiger charge is -2.22. The molecule has 0 saturated carbocycles. The third-order valence-corrected chi connectivity index (χ3v) is 2.17. The standard InChI is InChI=1S/C10H16N2O4/c1-10(2,15-3)6-11-9(14)8-4-7(5-13)16-12-8/h4,13H,5-6H2,1-3H3,(H,11,14). The number of amides is 1. The van der Waals surface area contributed by atoms with Crippen molar-refractivity contribution in [1.82, 2.24) is 10.5 Å². The highest BCUT2D eigenvalue weighted by Crippen LogP contribution is 2.06. The first-order chi connectivity index (χ1) is 7.48. The highest BCUT2D eigenvalue weighted by molar-refractivity contribution is 5.92. The molecule has 0 spiro atoms. The minimum Gasteiger partial charge on any atom is -0.388 e. The van der Waals surface area contributed by atoms with Crippen LogP contribution in [-0.4, -0.2) is 35.4 Å². The number of carbonyl (C=O) groups is 1. The van der Waals surface area contributed by atoms with Crippen LogP contribution < -0.4 is 5.32 Å². The van der Waals surface area contributed by atoms with Crippen molar-refractivity contribution in [3.05, 3.63) is 17.5 Å². The normalized spacial score (nSPS) is 11.5. The summed E-state index contributed by atoms with van der Waals surface area (Å²) in [6, 6.07) is 1.40. The van der Waals surface area contributed by atoms with E-state index >= 15 is 0 Å². The molecule has 6 heteroatoms. The van der Waals surface area contributed by atoms with E-state index in [1.165, 1.54) is 6.07 Å². The summed E-state index contributed by atoms with van der Waals surface area (Å²) in [5.41, 5.74) is -0.282. The summed E-state index contributed by atoms with van der Waals surface area (Å²) >= 11 is 0. The summed E-state index contributed by atoms with van der Waals surface area (Å²) < 4.78 is 9.85. The lowest BCUT2D eigenvalue weighted by molar-refractivity contribution is 0.0228. The van der Waals surface area contributed by atoms with Gasteiger partial charge in [0.1, 0.15) is 6.61 Å². The zero-order chi connectivity index (χ0) is 12.2. The van der Waals surface area contributed by atoms with Gasteiger partial charge in [-0.1, -0.05) is 5.16 Å². The van der Waals surface area contributed by atoms with Crippen molar-refractivity contribution in [2.75, 3.05) is 13.7 Å². The van der Waals surface area contributed by atoms with Crippen LogP contribution in [0.3, 0.4) is 0 Å². The Balaban J connectivity index is 2.53. The highest BCUT2D eigenvalue weighted by Gasteiger charge is 2.19. The number of aromatic nitrogens is 1. The van der Waals surface area contributed by atoms with Gasteiger partial charge in [0, 0.05) is 19.7 Å². The summed E-state index contributed by atoms with van der Waals surface area (Å²) in [5.74, 6) is -0.0928. The van der Waals surface area contributed by atoms with Crippen LogP contribution in [0.4, 0.5) is 0 Å². The predicted molar refractivity (Wildman–Crippen MR) is 55.8 cm³/mol. The third-order valence-electron chi connectivity index (χ3n) is 2.17. The van der Waals surface area contributed by atoms with Crippen LogP contribution in [0.2, 0.25) is 0 Å². The van der Waals surface area contributed by atoms with Crippen molar-refractivity contribution in [2.24, 2.45) is 0 Å². The van der Waals surface area contributed by atoms with Gasteiger partial charge in [0.05, 0.1) is 5.60 Å². The van der Waals surface area contributed by atoms with Crippen molar-refractivity contribution < 1.29 is 19.2 Å². The Morgan fingerprint density at radius 3 is 2.88 bits per heavy atom. The maximum Gasteiger partial charge on any atom is 0.273 e. The quantitative estimate of drug-likeness (QED) is 0.758. The SMILES string of the molecule is COC(C)(C)CNC(=O)c1cc(CO)on1. The highest BCUT2D eigenvalue weighted by atomic mass is 16.5. The van der Waals surface area contributed by atoms with E-state index in [1.807, 2.05) is 13.8 Å². The fraction of sp³-hybridized carbons (Fsp3) is 0.600. The monoisotopic (exact) mass is 228 g/mol. The molecule has 2 N–H and O–H groups in total. The topological polar surface area (TPSA) is 84.6 Å². The molecule has 1 amide bonds. The molecular formula is C10H16N2O4. The summed E-state index contributed by atoms with van der Waals surface area (Å²) in [5, 5.41) is 14.9. The Morgan fingerprint density at radius 1 is 1.69 bits per heavy atom. The van der Waals surface area contributed by atoms with Crippen LogP contribution in [-0.2, 0) is 11.3 Å². The van der Waals surface area contributed by atoms with E-state index in [0.29, 0.717) is 6.54 Å². The van der Waals surface area contributed by atoms with Gasteiger partial charge in [0.2, 0.25) is 0 Å². The molecule has 1 aromatic heterocycles. The first-order valence-electron chi connectivity index (χ1n) is 4.88. The molecule has 0 fully saturated rings. The van der Waals surface area contributed by atoms with Gasteiger partial charge in [-0.05, 0) is 13.8 Å². The second-order valence-electron chi connectivity index (χ2n) is 3.98. The fourth-order valence-corrected chi connectivity index (χ4v) is 0.950. The molecule has 0 bridgehead atoms. The van der Waals surface area contributed by atoms with Gasteiger partial charge in [0.15, 0.2) is 11.5 Å². The number of hydrogen-bond donors (Lipinski definition) is 2. The molecule has 1 rings (SSSR count). The molecule has 0 radical (unpaired) electrons. The molecule has 0 aromatic carbocycles. The minimum atomic E-state index is -0.431. The maximum atomic E-state index is 11.6. The number of nitrogens with zero attached hydrogens (tertiary/aromatic N) is 1. The molecule has 0 atom stereocenters. The number of aliphatic hydroxyl groups excluding tert-OH is 1. The smallest absolute Gasteiger partial charge is 0.273 e. The number of ether oxygens (including phenoxy) is 1. The van der Waals surface area contributed by atoms with Crippen molar-refractivity contribution in [3.63, 3.8) is 0 Å². The molecule has 6 nitrogen and oxygen atoms in total. The van der Waals surface area contributed by atoms with Gasteiger partial charge in [0.25, 0.3) is 5.91 Å². The zero-order valence-corrected chi connectivity index (χ0v) is 9.61. The number of carbonyl (C=O) groups excluding carboxylic acids is 1. The lowest BCUT2D eigenvalue weighted by Crippen LogP contribution is -2.39.